The van der Waals surface area contributed by atoms with E-state index in [9.17, 15) is 0 Å². The van der Waals surface area contributed by atoms with Crippen molar-refractivity contribution >= 4 is 15.9 Å². The van der Waals surface area contributed by atoms with Gasteiger partial charge in [0.2, 0.25) is 12.1 Å². The number of ether oxygens (including phenoxy) is 4. The molecule has 0 aliphatic carbocycles. The van der Waals surface area contributed by atoms with Crippen LogP contribution in [-0.2, 0) is 18.9 Å². The van der Waals surface area contributed by atoms with Gasteiger partial charge in [0, 0.05) is 40.2 Å². The van der Waals surface area contributed by atoms with Crippen molar-refractivity contribution in [3.63, 3.8) is 0 Å². The van der Waals surface area contributed by atoms with Gasteiger partial charge in [0.05, 0.1) is 0 Å². The molecular weight excluding hydrogens is 240 g/mol. The predicted molar refractivity (Wildman–Crippen MR) is 53.0 cm³/mol. The summed E-state index contributed by atoms with van der Waals surface area (Å²) in [6.45, 7) is 0. The predicted octanol–water partition coefficient (Wildman–Crippen LogP) is 1.38. The molecular formula is C8H17BrO4. The molecule has 0 N–H and O–H groups in total. The van der Waals surface area contributed by atoms with E-state index in [-0.39, 0.29) is 0 Å². The molecule has 0 aliphatic rings. The summed E-state index contributed by atoms with van der Waals surface area (Å²) in [6, 6.07) is 0. The zero-order chi connectivity index (χ0) is 10.3. The maximum absolute atomic E-state index is 5.27. The molecule has 0 rings (SSSR count). The maximum atomic E-state index is 5.27. The molecule has 0 amide bonds. The Bertz CT molecular complexity index is 123. The highest BCUT2D eigenvalue weighted by molar-refractivity contribution is 9.09. The zero-order valence-corrected chi connectivity index (χ0v) is 10.1. The van der Waals surface area contributed by atoms with Crippen LogP contribution in [-0.4, -0.2) is 45.8 Å². The van der Waals surface area contributed by atoms with Gasteiger partial charge in [0.25, 0.3) is 0 Å². The molecule has 0 radical (unpaired) electrons. The fourth-order valence-corrected chi connectivity index (χ4v) is 1.74. The summed E-state index contributed by atoms with van der Waals surface area (Å²) < 4.78 is 20.8. The van der Waals surface area contributed by atoms with Crippen molar-refractivity contribution in [1.29, 1.82) is 0 Å². The van der Waals surface area contributed by atoms with Crippen molar-refractivity contribution in [2.45, 2.75) is 18.5 Å². The second kappa shape index (κ2) is 6.73. The zero-order valence-electron chi connectivity index (χ0n) is 8.50. The van der Waals surface area contributed by atoms with E-state index in [1.165, 1.54) is 0 Å². The van der Waals surface area contributed by atoms with E-state index in [0.717, 1.165) is 5.33 Å². The number of rotatable bonds is 7. The largest absolute Gasteiger partial charge is 0.351 e. The summed E-state index contributed by atoms with van der Waals surface area (Å²) in [5, 5.41) is 0.748. The Labute approximate surface area is 87.6 Å². The highest BCUT2D eigenvalue weighted by atomic mass is 79.9. The van der Waals surface area contributed by atoms with Crippen LogP contribution in [0.15, 0.2) is 0 Å². The van der Waals surface area contributed by atoms with E-state index >= 15 is 0 Å². The molecule has 0 aliphatic heterocycles. The van der Waals surface area contributed by atoms with Crippen LogP contribution in [0.3, 0.4) is 0 Å². The van der Waals surface area contributed by atoms with E-state index < -0.39 is 12.1 Å². The lowest BCUT2D eigenvalue weighted by atomic mass is 10.2. The monoisotopic (exact) mass is 256 g/mol. The molecule has 5 heteroatoms. The fraction of sp³-hybridized carbons (Fsp3) is 1.00. The molecule has 0 aromatic rings. The Morgan fingerprint density at radius 3 is 1.77 bits per heavy atom. The van der Waals surface area contributed by atoms with Gasteiger partial charge in [-0.25, -0.2) is 0 Å². The lowest BCUT2D eigenvalue weighted by Crippen LogP contribution is -2.48. The quantitative estimate of drug-likeness (QED) is 0.510. The molecule has 0 saturated carbocycles. The lowest BCUT2D eigenvalue weighted by molar-refractivity contribution is -0.326. The van der Waals surface area contributed by atoms with E-state index in [1.807, 2.05) is 0 Å². The van der Waals surface area contributed by atoms with Gasteiger partial charge in [-0.3, -0.25) is 0 Å². The average molecular weight is 257 g/mol. The second-order valence-corrected chi connectivity index (χ2v) is 3.26. The Balaban J connectivity index is 4.50. The van der Waals surface area contributed by atoms with Crippen LogP contribution >= 0.6 is 15.9 Å². The molecule has 80 valence electrons. The van der Waals surface area contributed by atoms with Crippen molar-refractivity contribution < 1.29 is 18.9 Å². The SMILES string of the molecule is COC(OC)C(CCBr)(OC)OC. The minimum atomic E-state index is -0.840. The van der Waals surface area contributed by atoms with Crippen LogP contribution in [0.25, 0.3) is 0 Å². The second-order valence-electron chi connectivity index (χ2n) is 2.46. The van der Waals surface area contributed by atoms with Gasteiger partial charge in [0.15, 0.2) is 0 Å². The van der Waals surface area contributed by atoms with Gasteiger partial charge in [-0.2, -0.15) is 0 Å². The Hall–Kier alpha value is 0.320. The summed E-state index contributed by atoms with van der Waals surface area (Å²) in [7, 11) is 6.23. The molecule has 0 fully saturated rings. The van der Waals surface area contributed by atoms with Crippen molar-refractivity contribution in [3.05, 3.63) is 0 Å². The third-order valence-electron chi connectivity index (χ3n) is 1.92. The molecule has 0 aromatic carbocycles. The Kier molecular flexibility index (Phi) is 6.89. The summed E-state index contributed by atoms with van der Waals surface area (Å²) >= 11 is 3.32. The van der Waals surface area contributed by atoms with E-state index in [4.69, 9.17) is 18.9 Å². The van der Waals surface area contributed by atoms with Crippen LogP contribution in [0, 0.1) is 0 Å². The molecule has 0 bridgehead atoms. The first-order valence-corrected chi connectivity index (χ1v) is 5.04. The van der Waals surface area contributed by atoms with Crippen LogP contribution in [0.4, 0.5) is 0 Å². The summed E-state index contributed by atoms with van der Waals surface area (Å²) in [5.74, 6) is -0.840. The highest BCUT2D eigenvalue weighted by Crippen LogP contribution is 2.24. The molecule has 0 heterocycles. The summed E-state index contributed by atoms with van der Waals surface area (Å²) in [5.41, 5.74) is 0. The molecule has 0 unspecified atom stereocenters. The number of halogens is 1. The van der Waals surface area contributed by atoms with Gasteiger partial charge in [-0.15, -0.1) is 0 Å². The normalized spacial score (nSPS) is 12.5. The van der Waals surface area contributed by atoms with Crippen molar-refractivity contribution in [3.8, 4) is 0 Å². The third kappa shape index (κ3) is 3.18. The summed E-state index contributed by atoms with van der Waals surface area (Å²) in [6.07, 6.45) is 0.117. The number of alkyl halides is 1. The highest BCUT2D eigenvalue weighted by Gasteiger charge is 2.39. The fourth-order valence-electron chi connectivity index (χ4n) is 1.18. The molecule has 0 atom stereocenters. The first-order valence-electron chi connectivity index (χ1n) is 3.92. The molecule has 13 heavy (non-hydrogen) atoms. The van der Waals surface area contributed by atoms with Crippen molar-refractivity contribution in [2.75, 3.05) is 33.8 Å². The van der Waals surface area contributed by atoms with Gasteiger partial charge < -0.3 is 18.9 Å². The molecule has 0 saturated heterocycles. The number of hydrogen-bond acceptors (Lipinski definition) is 4. The third-order valence-corrected chi connectivity index (χ3v) is 2.32. The van der Waals surface area contributed by atoms with Gasteiger partial charge in [-0.1, -0.05) is 15.9 Å². The molecule has 0 aromatic heterocycles. The van der Waals surface area contributed by atoms with E-state index in [1.54, 1.807) is 28.4 Å². The average Bonchev–Trinajstić information content (AvgIpc) is 2.18. The van der Waals surface area contributed by atoms with Gasteiger partial charge in [-0.05, 0) is 0 Å². The van der Waals surface area contributed by atoms with Gasteiger partial charge in [0.1, 0.15) is 0 Å². The lowest BCUT2D eigenvalue weighted by Gasteiger charge is -2.35. The number of hydrogen-bond donors (Lipinski definition) is 0. The molecule has 0 spiro atoms. The van der Waals surface area contributed by atoms with Crippen LogP contribution in [0.5, 0.6) is 0 Å². The minimum absolute atomic E-state index is 0.528. The topological polar surface area (TPSA) is 36.9 Å². The Morgan fingerprint density at radius 2 is 1.54 bits per heavy atom. The van der Waals surface area contributed by atoms with E-state index in [0.29, 0.717) is 6.42 Å². The van der Waals surface area contributed by atoms with E-state index in [2.05, 4.69) is 15.9 Å². The van der Waals surface area contributed by atoms with Gasteiger partial charge >= 0.3 is 0 Å². The van der Waals surface area contributed by atoms with Crippen molar-refractivity contribution in [1.82, 2.24) is 0 Å². The first-order chi connectivity index (χ1) is 6.20. The first kappa shape index (κ1) is 13.3. The van der Waals surface area contributed by atoms with Crippen LogP contribution in [0.1, 0.15) is 6.42 Å². The standard InChI is InChI=1S/C8H17BrO4/c1-10-7(11-2)8(12-3,13-4)5-6-9/h7H,5-6H2,1-4H3. The smallest absolute Gasteiger partial charge is 0.220 e. The molecule has 4 nitrogen and oxygen atoms in total. The maximum Gasteiger partial charge on any atom is 0.220 e. The number of methoxy groups -OCH3 is 4. The van der Waals surface area contributed by atoms with Crippen LogP contribution in [0.2, 0.25) is 0 Å². The Morgan fingerprint density at radius 1 is 1.08 bits per heavy atom. The summed E-state index contributed by atoms with van der Waals surface area (Å²) in [4.78, 5) is 0. The minimum Gasteiger partial charge on any atom is -0.351 e. The van der Waals surface area contributed by atoms with Crippen molar-refractivity contribution in [2.24, 2.45) is 0 Å². The van der Waals surface area contributed by atoms with Crippen LogP contribution < -0.4 is 0 Å².